The van der Waals surface area contributed by atoms with E-state index in [-0.39, 0.29) is 23.3 Å². The summed E-state index contributed by atoms with van der Waals surface area (Å²) >= 11 is 2.48. The predicted molar refractivity (Wildman–Crippen MR) is 116 cm³/mol. The first-order valence-electron chi connectivity index (χ1n) is 9.06. The Morgan fingerprint density at radius 2 is 2.07 bits per heavy atom. The molecule has 2 aromatic rings. The van der Waals surface area contributed by atoms with Crippen molar-refractivity contribution in [3.05, 3.63) is 51.9 Å². The fraction of sp³-hybridized carbons (Fsp3) is 0.300. The lowest BCUT2D eigenvalue weighted by molar-refractivity contribution is -0.136. The fourth-order valence-electron chi connectivity index (χ4n) is 3.02. The van der Waals surface area contributed by atoms with Crippen molar-refractivity contribution in [2.75, 3.05) is 24.7 Å². The van der Waals surface area contributed by atoms with Gasteiger partial charge in [0.15, 0.2) is 0 Å². The first kappa shape index (κ1) is 21.1. The molecule has 0 aliphatic carbocycles. The first-order chi connectivity index (χ1) is 14.0. The normalized spacial score (nSPS) is 13.3. The van der Waals surface area contributed by atoms with Gasteiger partial charge in [0.1, 0.15) is 5.00 Å². The number of nitrogens with one attached hydrogen (secondary N) is 1. The van der Waals surface area contributed by atoms with Gasteiger partial charge in [0.05, 0.1) is 13.0 Å². The topological polar surface area (TPSA) is 99.1 Å². The van der Waals surface area contributed by atoms with E-state index in [1.165, 1.54) is 11.3 Å². The summed E-state index contributed by atoms with van der Waals surface area (Å²) in [7, 11) is 1.69. The Bertz CT molecular complexity index is 941. The van der Waals surface area contributed by atoms with E-state index in [0.29, 0.717) is 25.1 Å². The minimum atomic E-state index is -0.910. The number of aliphatic carboxylic acids is 1. The van der Waals surface area contributed by atoms with Gasteiger partial charge in [0.25, 0.3) is 11.1 Å². The lowest BCUT2D eigenvalue weighted by Gasteiger charge is -2.26. The smallest absolute Gasteiger partial charge is 0.304 e. The number of carboxylic acids is 1. The van der Waals surface area contributed by atoms with Crippen molar-refractivity contribution < 1.29 is 19.5 Å². The Balaban J connectivity index is 1.75. The lowest BCUT2D eigenvalue weighted by atomic mass is 10.0. The summed E-state index contributed by atoms with van der Waals surface area (Å²) in [5.74, 6) is -0.840. The maximum Gasteiger partial charge on any atom is 0.304 e. The van der Waals surface area contributed by atoms with Gasteiger partial charge in [-0.15, -0.1) is 11.3 Å². The number of thiophene rings is 1. The Morgan fingerprint density at radius 3 is 2.76 bits per heavy atom. The van der Waals surface area contributed by atoms with E-state index in [4.69, 9.17) is 5.11 Å². The molecule has 0 unspecified atom stereocenters. The van der Waals surface area contributed by atoms with Crippen molar-refractivity contribution in [1.82, 2.24) is 4.90 Å². The predicted octanol–water partition coefficient (Wildman–Crippen LogP) is 3.74. The van der Waals surface area contributed by atoms with Gasteiger partial charge < -0.3 is 15.3 Å². The van der Waals surface area contributed by atoms with Gasteiger partial charge in [-0.05, 0) is 24.1 Å². The monoisotopic (exact) mass is 431 g/mol. The van der Waals surface area contributed by atoms with Crippen molar-refractivity contribution in [3.8, 4) is 0 Å². The summed E-state index contributed by atoms with van der Waals surface area (Å²) in [5, 5.41) is 12.3. The van der Waals surface area contributed by atoms with E-state index in [1.807, 2.05) is 18.2 Å². The summed E-state index contributed by atoms with van der Waals surface area (Å²) in [4.78, 5) is 42.4. The fourth-order valence-corrected chi connectivity index (χ4v) is 5.05. The third kappa shape index (κ3) is 5.24. The average molecular weight is 432 g/mol. The van der Waals surface area contributed by atoms with Crippen LogP contribution in [0, 0.1) is 0 Å². The molecule has 152 valence electrons. The summed E-state index contributed by atoms with van der Waals surface area (Å²) in [5.41, 5.74) is 2.57. The molecule has 3 rings (SSSR count). The summed E-state index contributed by atoms with van der Waals surface area (Å²) < 4.78 is 0. The second-order valence-electron chi connectivity index (χ2n) is 6.38. The van der Waals surface area contributed by atoms with Crippen molar-refractivity contribution in [2.45, 2.75) is 19.4 Å². The number of rotatable bonds is 6. The van der Waals surface area contributed by atoms with Crippen LogP contribution in [0.25, 0.3) is 0 Å². The van der Waals surface area contributed by atoms with E-state index in [0.717, 1.165) is 32.8 Å². The largest absolute Gasteiger partial charge is 0.481 e. The van der Waals surface area contributed by atoms with Gasteiger partial charge in [0.2, 0.25) is 0 Å². The molecule has 0 bridgehead atoms. The number of carbonyl (C=O) groups is 3. The zero-order chi connectivity index (χ0) is 20.8. The van der Waals surface area contributed by atoms with Crippen molar-refractivity contribution in [3.63, 3.8) is 0 Å². The SMILES string of the molecule is CN=Cc1c(NC(=O)c2ccccc2)sc2c1CCN(C(=O)SCCC(=O)O)C2. The molecule has 2 amide bonds. The number of anilines is 1. The quantitative estimate of drug-likeness (QED) is 0.679. The molecule has 2 N–H and O–H groups in total. The maximum absolute atomic E-state index is 12.6. The zero-order valence-electron chi connectivity index (χ0n) is 15.9. The molecule has 0 radical (unpaired) electrons. The molecule has 0 saturated carbocycles. The van der Waals surface area contributed by atoms with Crippen LogP contribution in [0.1, 0.15) is 32.8 Å². The van der Waals surface area contributed by atoms with Gasteiger partial charge >= 0.3 is 5.97 Å². The number of hydrogen-bond donors (Lipinski definition) is 2. The van der Waals surface area contributed by atoms with E-state index in [9.17, 15) is 14.4 Å². The first-order valence-corrected chi connectivity index (χ1v) is 10.9. The molecule has 1 aliphatic rings. The Labute approximate surface area is 176 Å². The lowest BCUT2D eigenvalue weighted by Crippen LogP contribution is -2.33. The molecule has 0 spiro atoms. The van der Waals surface area contributed by atoms with Crippen LogP contribution in [0.3, 0.4) is 0 Å². The molecule has 0 saturated heterocycles. The highest BCUT2D eigenvalue weighted by molar-refractivity contribution is 8.13. The number of aliphatic imine (C=N–C) groups is 1. The number of thioether (sulfide) groups is 1. The molecule has 1 aromatic heterocycles. The minimum absolute atomic E-state index is 0.0404. The molecule has 9 heteroatoms. The number of amides is 2. The zero-order valence-corrected chi connectivity index (χ0v) is 17.5. The van der Waals surface area contributed by atoms with Crippen LogP contribution < -0.4 is 5.32 Å². The molecule has 7 nitrogen and oxygen atoms in total. The number of carbonyl (C=O) groups excluding carboxylic acids is 2. The number of nitrogens with zero attached hydrogens (tertiary/aromatic N) is 2. The Kier molecular flexibility index (Phi) is 7.05. The maximum atomic E-state index is 12.6. The molecule has 0 atom stereocenters. The van der Waals surface area contributed by atoms with Crippen LogP contribution >= 0.6 is 23.1 Å². The number of hydrogen-bond acceptors (Lipinski definition) is 6. The minimum Gasteiger partial charge on any atom is -0.481 e. The second-order valence-corrected chi connectivity index (χ2v) is 8.54. The van der Waals surface area contributed by atoms with Crippen LogP contribution in [0.15, 0.2) is 35.3 Å². The van der Waals surface area contributed by atoms with Crippen LogP contribution in [0.2, 0.25) is 0 Å². The van der Waals surface area contributed by atoms with E-state index in [1.54, 1.807) is 30.3 Å². The summed E-state index contributed by atoms with van der Waals surface area (Å²) in [6, 6.07) is 8.99. The van der Waals surface area contributed by atoms with Crippen molar-refractivity contribution in [1.29, 1.82) is 0 Å². The van der Waals surface area contributed by atoms with Gasteiger partial charge in [-0.3, -0.25) is 19.4 Å². The van der Waals surface area contributed by atoms with Gasteiger partial charge in [-0.1, -0.05) is 30.0 Å². The third-order valence-electron chi connectivity index (χ3n) is 4.42. The average Bonchev–Trinajstić information content (AvgIpc) is 3.05. The van der Waals surface area contributed by atoms with Crippen molar-refractivity contribution in [2.24, 2.45) is 4.99 Å². The van der Waals surface area contributed by atoms with Crippen LogP contribution in [-0.2, 0) is 17.8 Å². The highest BCUT2D eigenvalue weighted by Gasteiger charge is 2.27. The number of fused-ring (bicyclic) bond motifs is 1. The molecule has 1 aromatic carbocycles. The molecular weight excluding hydrogens is 410 g/mol. The van der Waals surface area contributed by atoms with Crippen LogP contribution in [-0.4, -0.2) is 52.7 Å². The molecule has 2 heterocycles. The number of carboxylic acid groups (broad SMARTS) is 1. The highest BCUT2D eigenvalue weighted by atomic mass is 32.2. The molecular formula is C20H21N3O4S2. The Morgan fingerprint density at radius 1 is 1.31 bits per heavy atom. The molecule has 0 fully saturated rings. The van der Waals surface area contributed by atoms with E-state index >= 15 is 0 Å². The third-order valence-corrected chi connectivity index (χ3v) is 6.48. The Hall–Kier alpha value is -2.65. The second kappa shape index (κ2) is 9.71. The van der Waals surface area contributed by atoms with E-state index in [2.05, 4.69) is 10.3 Å². The molecule has 29 heavy (non-hydrogen) atoms. The highest BCUT2D eigenvalue weighted by Crippen LogP contribution is 2.37. The van der Waals surface area contributed by atoms with E-state index < -0.39 is 5.97 Å². The van der Waals surface area contributed by atoms with Crippen LogP contribution in [0.5, 0.6) is 0 Å². The van der Waals surface area contributed by atoms with Gasteiger partial charge in [-0.25, -0.2) is 0 Å². The van der Waals surface area contributed by atoms with Gasteiger partial charge in [-0.2, -0.15) is 0 Å². The summed E-state index contributed by atoms with van der Waals surface area (Å²) in [6.07, 6.45) is 2.37. The standard InChI is InChI=1S/C20H21N3O4S2/c1-21-11-15-14-7-9-23(20(27)28-10-8-17(24)25)12-16(14)29-19(15)22-18(26)13-5-3-2-4-6-13/h2-6,11H,7-10,12H2,1H3,(H,22,26)(H,24,25). The summed E-state index contributed by atoms with van der Waals surface area (Å²) in [6.45, 7) is 1.00. The molecule has 1 aliphatic heterocycles. The van der Waals surface area contributed by atoms with Crippen molar-refractivity contribution >= 4 is 51.4 Å². The van der Waals surface area contributed by atoms with Gasteiger partial charge in [0, 0.05) is 41.6 Å². The van der Waals surface area contributed by atoms with Crippen LogP contribution in [0.4, 0.5) is 9.80 Å². The number of benzene rings is 1.